The SMILES string of the molecule is COC(=O)c1ncsc1S(=O)(=O)N1CCCC(N)C1. The number of aromatic nitrogens is 1. The Hall–Kier alpha value is -1.03. The van der Waals surface area contributed by atoms with E-state index in [0.29, 0.717) is 13.0 Å². The molecule has 0 amide bonds. The molecule has 0 bridgehead atoms. The lowest BCUT2D eigenvalue weighted by Crippen LogP contribution is -2.45. The molecule has 2 rings (SSSR count). The van der Waals surface area contributed by atoms with Gasteiger partial charge in [0.1, 0.15) is 0 Å². The van der Waals surface area contributed by atoms with E-state index < -0.39 is 16.0 Å². The van der Waals surface area contributed by atoms with Gasteiger partial charge >= 0.3 is 5.97 Å². The van der Waals surface area contributed by atoms with Gasteiger partial charge in [-0.2, -0.15) is 4.31 Å². The quantitative estimate of drug-likeness (QED) is 0.791. The molecular weight excluding hydrogens is 290 g/mol. The van der Waals surface area contributed by atoms with Crippen LogP contribution >= 0.6 is 11.3 Å². The molecule has 2 heterocycles. The topological polar surface area (TPSA) is 103 Å². The highest BCUT2D eigenvalue weighted by Gasteiger charge is 2.34. The van der Waals surface area contributed by atoms with Crippen LogP contribution in [0.3, 0.4) is 0 Å². The first-order valence-electron chi connectivity index (χ1n) is 5.74. The van der Waals surface area contributed by atoms with E-state index in [-0.39, 0.29) is 22.5 Å². The highest BCUT2D eigenvalue weighted by Crippen LogP contribution is 2.26. The summed E-state index contributed by atoms with van der Waals surface area (Å²) in [5.41, 5.74) is 6.95. The molecule has 7 nitrogen and oxygen atoms in total. The average Bonchev–Trinajstić information content (AvgIpc) is 2.87. The van der Waals surface area contributed by atoms with Gasteiger partial charge < -0.3 is 10.5 Å². The van der Waals surface area contributed by atoms with Crippen molar-refractivity contribution in [2.45, 2.75) is 23.1 Å². The molecule has 0 aliphatic carbocycles. The van der Waals surface area contributed by atoms with Crippen molar-refractivity contribution < 1.29 is 17.9 Å². The molecule has 1 saturated heterocycles. The fourth-order valence-electron chi connectivity index (χ4n) is 1.96. The summed E-state index contributed by atoms with van der Waals surface area (Å²) in [7, 11) is -2.54. The summed E-state index contributed by atoms with van der Waals surface area (Å²) in [6, 6.07) is -0.168. The number of thiazole rings is 1. The summed E-state index contributed by atoms with van der Waals surface area (Å²) in [6.07, 6.45) is 1.52. The lowest BCUT2D eigenvalue weighted by molar-refractivity contribution is 0.0590. The summed E-state index contributed by atoms with van der Waals surface area (Å²) in [5, 5.41) is 0. The number of hydrogen-bond acceptors (Lipinski definition) is 7. The minimum absolute atomic E-state index is 0.0755. The van der Waals surface area contributed by atoms with E-state index in [1.54, 1.807) is 0 Å². The third kappa shape index (κ3) is 2.78. The molecule has 1 aromatic heterocycles. The Morgan fingerprint density at radius 2 is 2.37 bits per heavy atom. The number of nitrogens with zero attached hydrogens (tertiary/aromatic N) is 2. The van der Waals surface area contributed by atoms with Gasteiger partial charge in [0.2, 0.25) is 0 Å². The van der Waals surface area contributed by atoms with Crippen LogP contribution in [0.5, 0.6) is 0 Å². The molecule has 0 spiro atoms. The van der Waals surface area contributed by atoms with E-state index in [1.165, 1.54) is 16.9 Å². The molecule has 106 valence electrons. The van der Waals surface area contributed by atoms with Gasteiger partial charge in [0.15, 0.2) is 9.90 Å². The molecule has 2 N–H and O–H groups in total. The average molecular weight is 305 g/mol. The predicted octanol–water partition coefficient (Wildman–Crippen LogP) is 0.0415. The van der Waals surface area contributed by atoms with Crippen LogP contribution in [-0.2, 0) is 14.8 Å². The predicted molar refractivity (Wildman–Crippen MR) is 69.4 cm³/mol. The molecule has 1 aromatic rings. The van der Waals surface area contributed by atoms with Crippen LogP contribution in [0, 0.1) is 0 Å². The lowest BCUT2D eigenvalue weighted by atomic mass is 10.1. The number of esters is 1. The van der Waals surface area contributed by atoms with Crippen molar-refractivity contribution in [3.8, 4) is 0 Å². The molecule has 9 heteroatoms. The first-order valence-corrected chi connectivity index (χ1v) is 8.06. The number of hydrogen-bond donors (Lipinski definition) is 1. The molecule has 0 aromatic carbocycles. The Kier molecular flexibility index (Phi) is 4.19. The Labute approximate surface area is 115 Å². The van der Waals surface area contributed by atoms with Crippen LogP contribution in [0.2, 0.25) is 0 Å². The zero-order chi connectivity index (χ0) is 14.0. The molecule has 1 unspecified atom stereocenters. The third-order valence-electron chi connectivity index (χ3n) is 2.91. The van der Waals surface area contributed by atoms with Crippen molar-refractivity contribution in [3.63, 3.8) is 0 Å². The van der Waals surface area contributed by atoms with Crippen molar-refractivity contribution in [2.75, 3.05) is 20.2 Å². The molecule has 1 atom stereocenters. The molecule has 0 radical (unpaired) electrons. The molecule has 0 saturated carbocycles. The monoisotopic (exact) mass is 305 g/mol. The Balaban J connectivity index is 2.34. The van der Waals surface area contributed by atoms with E-state index in [4.69, 9.17) is 5.73 Å². The number of nitrogens with two attached hydrogens (primary N) is 1. The van der Waals surface area contributed by atoms with Crippen LogP contribution in [0.25, 0.3) is 0 Å². The van der Waals surface area contributed by atoms with Crippen LogP contribution < -0.4 is 5.73 Å². The Morgan fingerprint density at radius 3 is 3.00 bits per heavy atom. The van der Waals surface area contributed by atoms with Crippen molar-refractivity contribution in [1.82, 2.24) is 9.29 Å². The maximum absolute atomic E-state index is 12.5. The largest absolute Gasteiger partial charge is 0.464 e. The van der Waals surface area contributed by atoms with Gasteiger partial charge in [-0.25, -0.2) is 18.2 Å². The fourth-order valence-corrected chi connectivity index (χ4v) is 4.77. The van der Waals surface area contributed by atoms with Crippen LogP contribution in [0.4, 0.5) is 0 Å². The Morgan fingerprint density at radius 1 is 1.63 bits per heavy atom. The van der Waals surface area contributed by atoms with Gasteiger partial charge in [-0.15, -0.1) is 11.3 Å². The first-order chi connectivity index (χ1) is 8.96. The summed E-state index contributed by atoms with van der Waals surface area (Å²) in [6.45, 7) is 0.676. The minimum Gasteiger partial charge on any atom is -0.464 e. The maximum atomic E-state index is 12.5. The molecule has 1 aliphatic heterocycles. The standard InChI is InChI=1S/C10H15N3O4S2/c1-17-9(14)8-10(18-6-12-8)19(15,16)13-4-2-3-7(11)5-13/h6-7H,2-5,11H2,1H3. The number of methoxy groups -OCH3 is 1. The number of carbonyl (C=O) groups is 1. The molecule has 19 heavy (non-hydrogen) atoms. The van der Waals surface area contributed by atoms with Gasteiger partial charge in [0.25, 0.3) is 10.0 Å². The number of ether oxygens (including phenoxy) is 1. The van der Waals surface area contributed by atoms with Crippen molar-refractivity contribution >= 4 is 27.3 Å². The van der Waals surface area contributed by atoms with Crippen LogP contribution in [0.15, 0.2) is 9.72 Å². The van der Waals surface area contributed by atoms with Gasteiger partial charge in [-0.3, -0.25) is 0 Å². The number of carbonyl (C=O) groups excluding carboxylic acids is 1. The zero-order valence-corrected chi connectivity index (χ0v) is 12.0. The van der Waals surface area contributed by atoms with E-state index >= 15 is 0 Å². The van der Waals surface area contributed by atoms with Gasteiger partial charge in [0.05, 0.1) is 12.6 Å². The number of rotatable bonds is 3. The van der Waals surface area contributed by atoms with Gasteiger partial charge in [-0.05, 0) is 12.8 Å². The second-order valence-electron chi connectivity index (χ2n) is 4.25. The van der Waals surface area contributed by atoms with Crippen molar-refractivity contribution in [1.29, 1.82) is 0 Å². The first kappa shape index (κ1) is 14.4. The molecular formula is C10H15N3O4S2. The summed E-state index contributed by atoms with van der Waals surface area (Å²) in [5.74, 6) is -0.749. The summed E-state index contributed by atoms with van der Waals surface area (Å²) in [4.78, 5) is 15.3. The third-order valence-corrected chi connectivity index (χ3v) is 6.12. The second-order valence-corrected chi connectivity index (χ2v) is 7.23. The summed E-state index contributed by atoms with van der Waals surface area (Å²) >= 11 is 0.913. The normalized spacial score (nSPS) is 21.3. The van der Waals surface area contributed by atoms with E-state index in [9.17, 15) is 13.2 Å². The number of sulfonamides is 1. The molecule has 1 aliphatic rings. The Bertz CT molecular complexity index is 569. The summed E-state index contributed by atoms with van der Waals surface area (Å²) < 4.78 is 30.7. The maximum Gasteiger partial charge on any atom is 0.358 e. The highest BCUT2D eigenvalue weighted by atomic mass is 32.2. The van der Waals surface area contributed by atoms with E-state index in [1.807, 2.05) is 0 Å². The van der Waals surface area contributed by atoms with Crippen LogP contribution in [0.1, 0.15) is 23.3 Å². The smallest absolute Gasteiger partial charge is 0.358 e. The minimum atomic E-state index is -3.73. The van der Waals surface area contributed by atoms with E-state index in [2.05, 4.69) is 9.72 Å². The lowest BCUT2D eigenvalue weighted by Gasteiger charge is -2.29. The molecule has 1 fully saturated rings. The second kappa shape index (κ2) is 5.53. The van der Waals surface area contributed by atoms with Gasteiger partial charge in [0, 0.05) is 19.1 Å². The zero-order valence-electron chi connectivity index (χ0n) is 10.4. The fraction of sp³-hybridized carbons (Fsp3) is 0.600. The number of piperidine rings is 1. The van der Waals surface area contributed by atoms with E-state index in [0.717, 1.165) is 17.8 Å². The van der Waals surface area contributed by atoms with Crippen molar-refractivity contribution in [2.24, 2.45) is 5.73 Å². The highest BCUT2D eigenvalue weighted by molar-refractivity contribution is 7.91. The van der Waals surface area contributed by atoms with Crippen molar-refractivity contribution in [3.05, 3.63) is 11.2 Å². The van der Waals surface area contributed by atoms with Gasteiger partial charge in [-0.1, -0.05) is 0 Å². The van der Waals surface area contributed by atoms with Crippen LogP contribution in [-0.4, -0.2) is 49.9 Å².